The van der Waals surface area contributed by atoms with Gasteiger partial charge in [0, 0.05) is 35.9 Å². The number of aromatic nitrogens is 2. The largest absolute Gasteiger partial charge is 0.477 e. The molecule has 0 unspecified atom stereocenters. The molecule has 2 aromatic heterocycles. The maximum Gasteiger partial charge on any atom is 0.353 e. The second-order valence-corrected chi connectivity index (χ2v) is 13.5. The highest BCUT2D eigenvalue weighted by molar-refractivity contribution is 8.07. The number of carbonyl (C=O) groups excluding carboxylic acids is 4. The van der Waals surface area contributed by atoms with E-state index in [-0.39, 0.29) is 31.7 Å². The molecule has 2 aromatic rings. The number of fused-ring (bicyclic) bond motifs is 1. The Kier molecular flexibility index (Phi) is 10.4. The van der Waals surface area contributed by atoms with Gasteiger partial charge < -0.3 is 31.6 Å². The maximum absolute atomic E-state index is 13.2. The molecule has 0 saturated carbocycles. The number of thiazole rings is 2. The lowest BCUT2D eigenvalue weighted by atomic mass is 10.0. The van der Waals surface area contributed by atoms with Crippen LogP contribution in [0.15, 0.2) is 25.5 Å². The molecule has 0 spiro atoms. The van der Waals surface area contributed by atoms with Crippen LogP contribution in [0.25, 0.3) is 0 Å². The summed E-state index contributed by atoms with van der Waals surface area (Å²) in [5.41, 5.74) is 5.28. The van der Waals surface area contributed by atoms with Crippen LogP contribution >= 0.6 is 70.0 Å². The van der Waals surface area contributed by atoms with E-state index in [0.29, 0.717) is 28.6 Å². The molecule has 15 nitrogen and oxygen atoms in total. The molecule has 2 aliphatic heterocycles. The van der Waals surface area contributed by atoms with E-state index in [1.807, 2.05) is 5.38 Å². The van der Waals surface area contributed by atoms with Gasteiger partial charge in [0.05, 0.1) is 5.69 Å². The summed E-state index contributed by atoms with van der Waals surface area (Å²) in [6.45, 7) is 1.56. The van der Waals surface area contributed by atoms with Crippen molar-refractivity contribution >= 4 is 116 Å². The highest BCUT2D eigenvalue weighted by Crippen LogP contribution is 2.45. The van der Waals surface area contributed by atoms with Crippen molar-refractivity contribution < 1.29 is 33.9 Å². The van der Waals surface area contributed by atoms with Gasteiger partial charge in [0.2, 0.25) is 6.41 Å². The number of anilines is 1. The minimum atomic E-state index is -1.31. The normalized spacial score (nSPS) is 18.1. The fourth-order valence-electron chi connectivity index (χ4n) is 3.61. The van der Waals surface area contributed by atoms with E-state index in [0.717, 1.165) is 40.6 Å². The van der Waals surface area contributed by atoms with Crippen LogP contribution in [0.2, 0.25) is 4.34 Å². The Bertz CT molecular complexity index is 1530. The van der Waals surface area contributed by atoms with Gasteiger partial charge in [0.15, 0.2) is 20.3 Å². The lowest BCUT2D eigenvalue weighted by molar-refractivity contribution is -0.150. The third-order valence-electron chi connectivity index (χ3n) is 5.32. The zero-order valence-electron chi connectivity index (χ0n) is 21.1. The zero-order chi connectivity index (χ0) is 30.6. The molecule has 0 bridgehead atoms. The molecule has 42 heavy (non-hydrogen) atoms. The molecule has 4 rings (SSSR count). The van der Waals surface area contributed by atoms with Gasteiger partial charge in [-0.25, -0.2) is 19.6 Å². The van der Waals surface area contributed by atoms with Gasteiger partial charge in [-0.3, -0.25) is 19.3 Å². The van der Waals surface area contributed by atoms with E-state index in [2.05, 4.69) is 35.9 Å². The summed E-state index contributed by atoms with van der Waals surface area (Å²) in [7, 11) is 0. The van der Waals surface area contributed by atoms with Gasteiger partial charge in [-0.05, 0) is 12.2 Å². The van der Waals surface area contributed by atoms with Crippen molar-refractivity contribution in [1.82, 2.24) is 25.5 Å². The number of carbonyl (C=O) groups is 5. The van der Waals surface area contributed by atoms with E-state index in [4.69, 9.17) is 29.6 Å². The second-order valence-electron chi connectivity index (χ2n) is 8.11. The monoisotopic (exact) mass is 690 g/mol. The Morgan fingerprint density at radius 3 is 2.83 bits per heavy atom. The van der Waals surface area contributed by atoms with Gasteiger partial charge in [0.25, 0.3) is 11.8 Å². The van der Waals surface area contributed by atoms with Gasteiger partial charge in [-0.2, -0.15) is 0 Å². The first-order valence-electron chi connectivity index (χ1n) is 11.5. The van der Waals surface area contributed by atoms with E-state index in [1.165, 1.54) is 23.1 Å². The van der Waals surface area contributed by atoms with Crippen LogP contribution < -0.4 is 21.7 Å². The highest BCUT2D eigenvalue weighted by atomic mass is 35.5. The van der Waals surface area contributed by atoms with Crippen molar-refractivity contribution in [3.8, 4) is 0 Å². The summed E-state index contributed by atoms with van der Waals surface area (Å²) < 4.78 is 0.553. The number of hydrogen-bond acceptors (Lipinski definition) is 14. The predicted molar refractivity (Wildman–Crippen MR) is 161 cm³/mol. The van der Waals surface area contributed by atoms with Crippen LogP contribution in [0, 0.1) is 0 Å². The summed E-state index contributed by atoms with van der Waals surface area (Å²) in [5, 5.41) is 22.5. The minimum absolute atomic E-state index is 0.0452. The van der Waals surface area contributed by atoms with Gasteiger partial charge >= 0.3 is 11.9 Å². The number of oxime groups is 1. The number of nitrogens with one attached hydrogen (secondary N) is 3. The Balaban J connectivity index is 1.50. The third kappa shape index (κ3) is 7.18. The minimum Gasteiger partial charge on any atom is -0.477 e. The SMILES string of the molecule is CC(=O)O/N=C(\C(=O)N[C@@H]1C(=O)N2C(C(=O)O)=C(Sc3nc(CCNC(N)=S)cs3)CS[C@H]12)c1nc(NC=O)sc1Cl. The molecular formula is C21H19ClN8O7S5. The Morgan fingerprint density at radius 2 is 2.17 bits per heavy atom. The molecule has 3 amide bonds. The molecular weight excluding hydrogens is 672 g/mol. The van der Waals surface area contributed by atoms with Gasteiger partial charge in [0.1, 0.15) is 27.1 Å². The molecule has 2 atom stereocenters. The fraction of sp³-hybridized carbons (Fsp3) is 0.286. The second kappa shape index (κ2) is 13.8. The molecule has 1 fully saturated rings. The van der Waals surface area contributed by atoms with Crippen molar-refractivity contribution in [1.29, 1.82) is 0 Å². The summed E-state index contributed by atoms with van der Waals surface area (Å²) in [4.78, 5) is 75.3. The lowest BCUT2D eigenvalue weighted by Crippen LogP contribution is -2.71. The smallest absolute Gasteiger partial charge is 0.353 e. The maximum atomic E-state index is 13.2. The first-order valence-corrected chi connectivity index (χ1v) is 15.8. The van der Waals surface area contributed by atoms with Crippen LogP contribution in [0.5, 0.6) is 0 Å². The first kappa shape index (κ1) is 31.6. The molecule has 1 saturated heterocycles. The number of nitrogens with two attached hydrogens (primary N) is 1. The number of amides is 3. The van der Waals surface area contributed by atoms with Crippen LogP contribution in [0.4, 0.5) is 5.13 Å². The molecule has 0 radical (unpaired) electrons. The van der Waals surface area contributed by atoms with Crippen LogP contribution in [-0.2, 0) is 35.2 Å². The molecule has 0 aliphatic carbocycles. The number of thiocarbonyl (C=S) groups is 1. The summed E-state index contributed by atoms with van der Waals surface area (Å²) in [6.07, 6.45) is 0.917. The lowest BCUT2D eigenvalue weighted by Gasteiger charge is -2.49. The zero-order valence-corrected chi connectivity index (χ0v) is 26.0. The van der Waals surface area contributed by atoms with E-state index in [9.17, 15) is 29.1 Å². The van der Waals surface area contributed by atoms with Gasteiger partial charge in [-0.1, -0.05) is 39.9 Å². The number of hydrogen-bond donors (Lipinski definition) is 5. The third-order valence-corrected chi connectivity index (χ3v) is 10.2. The molecule has 222 valence electrons. The number of β-lactam (4-membered cyclic amide) rings is 1. The van der Waals surface area contributed by atoms with Crippen LogP contribution in [-0.4, -0.2) is 84.7 Å². The fourth-order valence-corrected chi connectivity index (χ4v) is 8.22. The number of rotatable bonds is 12. The molecule has 21 heteroatoms. The van der Waals surface area contributed by atoms with E-state index >= 15 is 0 Å². The van der Waals surface area contributed by atoms with Crippen molar-refractivity contribution in [2.45, 2.75) is 29.1 Å². The molecule has 4 heterocycles. The number of nitrogens with zero attached hydrogens (tertiary/aromatic N) is 4. The highest BCUT2D eigenvalue weighted by Gasteiger charge is 2.54. The Morgan fingerprint density at radius 1 is 1.40 bits per heavy atom. The Labute approximate surface area is 263 Å². The number of aliphatic carboxylic acids is 1. The van der Waals surface area contributed by atoms with Gasteiger partial charge in [-0.15, -0.1) is 23.1 Å². The number of carboxylic acid groups (broad SMARTS) is 1. The number of halogens is 1. The van der Waals surface area contributed by atoms with Crippen LogP contribution in [0.3, 0.4) is 0 Å². The average molecular weight is 691 g/mol. The van der Waals surface area contributed by atoms with E-state index in [1.54, 1.807) is 0 Å². The topological polar surface area (TPSA) is 218 Å². The summed E-state index contributed by atoms with van der Waals surface area (Å²) in [5.74, 6) is -3.53. The Hall–Kier alpha value is -3.30. The quantitative estimate of drug-likeness (QED) is 0.0523. The standard InChI is InChI=1S/C21H19ClN8O7S5/c1-7(32)37-29-11(10-14(22)42-20(28-10)25-6-31)15(33)27-12-16(34)30-13(18(35)36)9(5-39-17(12)30)41-21-26-8(4-40-21)2-3-24-19(23)38/h4,6,12,17H,2-3,5H2,1H3,(H,27,33)(H,35,36)(H3,23,24,38)(H,25,28,31)/b29-11-/t12-,17-/m1/s1. The van der Waals surface area contributed by atoms with E-state index < -0.39 is 40.9 Å². The average Bonchev–Trinajstić information content (AvgIpc) is 3.52. The van der Waals surface area contributed by atoms with Crippen molar-refractivity contribution in [3.63, 3.8) is 0 Å². The molecule has 0 aromatic carbocycles. The first-order chi connectivity index (χ1) is 20.0. The molecule has 6 N–H and O–H groups in total. The number of thioether (sulfide) groups is 2. The predicted octanol–water partition coefficient (Wildman–Crippen LogP) is 0.953. The van der Waals surface area contributed by atoms with Crippen molar-refractivity contribution in [3.05, 3.63) is 31.7 Å². The van der Waals surface area contributed by atoms with Crippen LogP contribution in [0.1, 0.15) is 18.3 Å². The molecule has 2 aliphatic rings. The summed E-state index contributed by atoms with van der Waals surface area (Å²) in [6, 6.07) is -1.12. The van der Waals surface area contributed by atoms with Crippen molar-refractivity contribution in [2.75, 3.05) is 17.6 Å². The van der Waals surface area contributed by atoms with Crippen molar-refractivity contribution in [2.24, 2.45) is 10.9 Å². The summed E-state index contributed by atoms with van der Waals surface area (Å²) >= 11 is 15.5. The number of carboxylic acids is 1.